The number of hydrogen-bond donors (Lipinski definition) is 0. The maximum Gasteiger partial charge on any atom is 0.127 e. The van der Waals surface area contributed by atoms with Gasteiger partial charge in [-0.2, -0.15) is 0 Å². The highest BCUT2D eigenvalue weighted by Crippen LogP contribution is 2.26. The Morgan fingerprint density at radius 3 is 2.50 bits per heavy atom. The summed E-state index contributed by atoms with van der Waals surface area (Å²) in [6.45, 7) is 0. The van der Waals surface area contributed by atoms with E-state index in [2.05, 4.69) is 6.07 Å². The molecule has 0 heterocycles. The largest absolute Gasteiger partial charge is 0.497 e. The zero-order chi connectivity index (χ0) is 11.4. The standard InChI is InChI=1S/C14H13O2/c1-15-13-7-3-5-11(9-13)12-6-4-8-14(10-12)16-2/h3-7,9-10H,1-2H3. The van der Waals surface area contributed by atoms with Gasteiger partial charge in [-0.3, -0.25) is 0 Å². The van der Waals surface area contributed by atoms with Crippen molar-refractivity contribution in [2.24, 2.45) is 0 Å². The van der Waals surface area contributed by atoms with E-state index in [4.69, 9.17) is 9.47 Å². The molecule has 1 radical (unpaired) electrons. The van der Waals surface area contributed by atoms with Crippen LogP contribution in [0.2, 0.25) is 0 Å². The van der Waals surface area contributed by atoms with Crippen LogP contribution in [0.1, 0.15) is 0 Å². The predicted octanol–water partition coefficient (Wildman–Crippen LogP) is 3.17. The number of rotatable bonds is 3. The molecule has 0 bridgehead atoms. The minimum atomic E-state index is 0.736. The molecule has 0 atom stereocenters. The van der Waals surface area contributed by atoms with Crippen LogP contribution >= 0.6 is 0 Å². The molecule has 2 rings (SSSR count). The molecule has 2 aromatic carbocycles. The molecule has 0 aromatic heterocycles. The molecule has 0 saturated carbocycles. The van der Waals surface area contributed by atoms with Gasteiger partial charge < -0.3 is 9.47 Å². The highest BCUT2D eigenvalue weighted by atomic mass is 16.5. The van der Waals surface area contributed by atoms with Gasteiger partial charge in [-0.25, -0.2) is 0 Å². The zero-order valence-corrected chi connectivity index (χ0v) is 9.36. The highest BCUT2D eigenvalue weighted by Gasteiger charge is 2.00. The Kier molecular flexibility index (Phi) is 3.10. The number of hydrogen-bond acceptors (Lipinski definition) is 2. The molecule has 0 amide bonds. The summed E-state index contributed by atoms with van der Waals surface area (Å²) in [6, 6.07) is 16.7. The van der Waals surface area contributed by atoms with Crippen molar-refractivity contribution in [2.75, 3.05) is 14.2 Å². The summed E-state index contributed by atoms with van der Waals surface area (Å²) in [4.78, 5) is 0. The normalized spacial score (nSPS) is 9.88. The molecular formula is C14H13O2. The van der Waals surface area contributed by atoms with Crippen LogP contribution in [-0.4, -0.2) is 14.2 Å². The molecule has 2 aromatic rings. The summed E-state index contributed by atoms with van der Waals surface area (Å²) in [5.41, 5.74) is 2.20. The fraction of sp³-hybridized carbons (Fsp3) is 0.143. The SMILES string of the molecule is COc1[c]ccc(-c2cccc(OC)c2)c1. The summed E-state index contributed by atoms with van der Waals surface area (Å²) < 4.78 is 10.3. The number of benzene rings is 2. The molecule has 81 valence electrons. The van der Waals surface area contributed by atoms with Crippen LogP contribution in [0.3, 0.4) is 0 Å². The van der Waals surface area contributed by atoms with Crippen molar-refractivity contribution in [3.63, 3.8) is 0 Å². The Hall–Kier alpha value is -1.96. The first-order valence-corrected chi connectivity index (χ1v) is 5.03. The molecule has 0 N–H and O–H groups in total. The quantitative estimate of drug-likeness (QED) is 0.779. The average Bonchev–Trinajstić information content (AvgIpc) is 2.39. The Balaban J connectivity index is 2.41. The van der Waals surface area contributed by atoms with Crippen LogP contribution in [0.25, 0.3) is 11.1 Å². The van der Waals surface area contributed by atoms with Crippen LogP contribution in [0.15, 0.2) is 42.5 Å². The first-order valence-electron chi connectivity index (χ1n) is 5.03. The van der Waals surface area contributed by atoms with Gasteiger partial charge in [0.25, 0.3) is 0 Å². The molecule has 0 spiro atoms. The van der Waals surface area contributed by atoms with Crippen molar-refractivity contribution in [3.8, 4) is 22.6 Å². The summed E-state index contributed by atoms with van der Waals surface area (Å²) in [6.07, 6.45) is 0. The third-order valence-electron chi connectivity index (χ3n) is 2.40. The number of methoxy groups -OCH3 is 2. The second-order valence-electron chi connectivity index (χ2n) is 3.38. The fourth-order valence-corrected chi connectivity index (χ4v) is 1.54. The van der Waals surface area contributed by atoms with Gasteiger partial charge in [0, 0.05) is 6.07 Å². The van der Waals surface area contributed by atoms with E-state index in [0.717, 1.165) is 22.6 Å². The van der Waals surface area contributed by atoms with E-state index in [0.29, 0.717) is 0 Å². The van der Waals surface area contributed by atoms with Gasteiger partial charge in [0.2, 0.25) is 0 Å². The fourth-order valence-electron chi connectivity index (χ4n) is 1.54. The van der Waals surface area contributed by atoms with E-state index in [1.54, 1.807) is 14.2 Å². The van der Waals surface area contributed by atoms with Crippen LogP contribution in [0.4, 0.5) is 0 Å². The molecule has 16 heavy (non-hydrogen) atoms. The minimum Gasteiger partial charge on any atom is -0.497 e. The Morgan fingerprint density at radius 2 is 1.75 bits per heavy atom. The van der Waals surface area contributed by atoms with Gasteiger partial charge in [-0.05, 0) is 35.4 Å². The molecule has 0 unspecified atom stereocenters. The molecule has 0 aliphatic heterocycles. The van der Waals surface area contributed by atoms with Crippen molar-refractivity contribution in [1.29, 1.82) is 0 Å². The van der Waals surface area contributed by atoms with Crippen molar-refractivity contribution < 1.29 is 9.47 Å². The smallest absolute Gasteiger partial charge is 0.127 e. The van der Waals surface area contributed by atoms with Gasteiger partial charge in [-0.1, -0.05) is 18.2 Å². The van der Waals surface area contributed by atoms with Crippen LogP contribution in [-0.2, 0) is 0 Å². The molecule has 0 aliphatic carbocycles. The molecule has 0 aliphatic rings. The molecule has 0 fully saturated rings. The van der Waals surface area contributed by atoms with Crippen LogP contribution in [0.5, 0.6) is 11.5 Å². The first kappa shape index (κ1) is 10.6. The summed E-state index contributed by atoms with van der Waals surface area (Å²) >= 11 is 0. The van der Waals surface area contributed by atoms with Crippen LogP contribution in [0, 0.1) is 6.07 Å². The lowest BCUT2D eigenvalue weighted by molar-refractivity contribution is 0.413. The average molecular weight is 213 g/mol. The van der Waals surface area contributed by atoms with E-state index in [9.17, 15) is 0 Å². The van der Waals surface area contributed by atoms with E-state index >= 15 is 0 Å². The molecule has 0 saturated heterocycles. The molecule has 2 heteroatoms. The van der Waals surface area contributed by atoms with E-state index < -0.39 is 0 Å². The van der Waals surface area contributed by atoms with Crippen molar-refractivity contribution in [1.82, 2.24) is 0 Å². The van der Waals surface area contributed by atoms with Gasteiger partial charge in [-0.15, -0.1) is 0 Å². The van der Waals surface area contributed by atoms with E-state index in [-0.39, 0.29) is 0 Å². The lowest BCUT2D eigenvalue weighted by Crippen LogP contribution is -1.86. The van der Waals surface area contributed by atoms with Gasteiger partial charge >= 0.3 is 0 Å². The zero-order valence-electron chi connectivity index (χ0n) is 9.36. The number of ether oxygens (including phenoxy) is 2. The predicted molar refractivity (Wildman–Crippen MR) is 63.8 cm³/mol. The Bertz CT molecular complexity index is 432. The lowest BCUT2D eigenvalue weighted by atomic mass is 10.1. The molecule has 2 nitrogen and oxygen atoms in total. The van der Waals surface area contributed by atoms with Gasteiger partial charge in [0.05, 0.1) is 14.2 Å². The van der Waals surface area contributed by atoms with E-state index in [1.807, 2.05) is 42.5 Å². The van der Waals surface area contributed by atoms with Crippen molar-refractivity contribution in [2.45, 2.75) is 0 Å². The van der Waals surface area contributed by atoms with Crippen LogP contribution < -0.4 is 9.47 Å². The summed E-state index contributed by atoms with van der Waals surface area (Å²) in [5, 5.41) is 0. The highest BCUT2D eigenvalue weighted by molar-refractivity contribution is 5.66. The molecular weight excluding hydrogens is 200 g/mol. The van der Waals surface area contributed by atoms with Crippen molar-refractivity contribution >= 4 is 0 Å². The van der Waals surface area contributed by atoms with Gasteiger partial charge in [0.15, 0.2) is 0 Å². The lowest BCUT2D eigenvalue weighted by Gasteiger charge is -2.06. The topological polar surface area (TPSA) is 18.5 Å². The third-order valence-corrected chi connectivity index (χ3v) is 2.40. The van der Waals surface area contributed by atoms with Gasteiger partial charge in [0.1, 0.15) is 11.5 Å². The maximum atomic E-state index is 5.19. The minimum absolute atomic E-state index is 0.736. The third kappa shape index (κ3) is 2.16. The summed E-state index contributed by atoms with van der Waals surface area (Å²) in [7, 11) is 3.31. The summed E-state index contributed by atoms with van der Waals surface area (Å²) in [5.74, 6) is 1.59. The maximum absolute atomic E-state index is 5.19. The first-order chi connectivity index (χ1) is 7.83. The Labute approximate surface area is 95.4 Å². The van der Waals surface area contributed by atoms with Crippen molar-refractivity contribution in [3.05, 3.63) is 48.5 Å². The Morgan fingerprint density at radius 1 is 0.938 bits per heavy atom. The monoisotopic (exact) mass is 213 g/mol. The second kappa shape index (κ2) is 4.71. The van der Waals surface area contributed by atoms with E-state index in [1.165, 1.54) is 0 Å². The second-order valence-corrected chi connectivity index (χ2v) is 3.38.